The van der Waals surface area contributed by atoms with E-state index in [1.165, 1.54) is 6.20 Å². The molecule has 1 aromatic heterocycles. The van der Waals surface area contributed by atoms with Gasteiger partial charge in [-0.3, -0.25) is 19.5 Å². The van der Waals surface area contributed by atoms with Crippen molar-refractivity contribution in [1.29, 1.82) is 0 Å². The number of hydrogen-bond donors (Lipinski definition) is 3. The molecule has 1 aromatic rings. The number of carbonyl (C=O) groups excluding carboxylic acids is 3. The van der Waals surface area contributed by atoms with Crippen LogP contribution in [0.5, 0.6) is 0 Å². The molecule has 3 N–H and O–H groups in total. The Morgan fingerprint density at radius 2 is 2.14 bits per heavy atom. The van der Waals surface area contributed by atoms with Crippen molar-refractivity contribution in [3.63, 3.8) is 0 Å². The molecular weight excluding hydrogens is 286 g/mol. The van der Waals surface area contributed by atoms with Gasteiger partial charge in [-0.2, -0.15) is 5.10 Å². The number of hydrogen-bond acceptors (Lipinski definition) is 4. The van der Waals surface area contributed by atoms with Gasteiger partial charge in [-0.25, -0.2) is 0 Å². The first kappa shape index (κ1) is 16.0. The van der Waals surface area contributed by atoms with Crippen LogP contribution in [0.4, 0.5) is 0 Å². The van der Waals surface area contributed by atoms with Gasteiger partial charge in [0.25, 0.3) is 5.91 Å². The molecule has 0 spiro atoms. The zero-order valence-corrected chi connectivity index (χ0v) is 12.6. The molecule has 1 atom stereocenters. The molecule has 1 aliphatic heterocycles. The van der Waals surface area contributed by atoms with E-state index in [0.29, 0.717) is 25.2 Å². The van der Waals surface area contributed by atoms with Crippen LogP contribution in [-0.4, -0.2) is 58.5 Å². The zero-order valence-electron chi connectivity index (χ0n) is 12.6. The van der Waals surface area contributed by atoms with E-state index in [1.807, 2.05) is 0 Å². The summed E-state index contributed by atoms with van der Waals surface area (Å²) in [7, 11) is 0. The molecule has 8 nitrogen and oxygen atoms in total. The zero-order chi connectivity index (χ0) is 15.9. The predicted octanol–water partition coefficient (Wildman–Crippen LogP) is -0.343. The van der Waals surface area contributed by atoms with Gasteiger partial charge in [0.2, 0.25) is 11.8 Å². The lowest BCUT2D eigenvalue weighted by Crippen LogP contribution is -2.43. The van der Waals surface area contributed by atoms with Gasteiger partial charge in [-0.05, 0) is 19.8 Å². The van der Waals surface area contributed by atoms with E-state index in [0.717, 1.165) is 12.8 Å². The number of aromatic nitrogens is 2. The number of amides is 3. The van der Waals surface area contributed by atoms with Crippen LogP contribution in [0.1, 0.15) is 36.5 Å². The summed E-state index contributed by atoms with van der Waals surface area (Å²) in [6, 6.07) is -0.0411. The Labute approximate surface area is 128 Å². The third-order valence-electron chi connectivity index (χ3n) is 3.61. The number of nitrogens with one attached hydrogen (secondary N) is 3. The molecule has 1 fully saturated rings. The van der Waals surface area contributed by atoms with Crippen LogP contribution in [0.2, 0.25) is 0 Å². The van der Waals surface area contributed by atoms with E-state index in [-0.39, 0.29) is 30.2 Å². The number of H-pyrrole nitrogens is 1. The van der Waals surface area contributed by atoms with Crippen molar-refractivity contribution in [3.05, 3.63) is 18.0 Å². The topological polar surface area (TPSA) is 107 Å². The minimum atomic E-state index is -0.325. The van der Waals surface area contributed by atoms with Crippen molar-refractivity contribution in [2.45, 2.75) is 32.2 Å². The SMILES string of the molecule is CCNC(=O)CC(=O)NCC1CCCN1C(=O)c1cn[nH]c1. The number of likely N-dealkylation sites (tertiary alicyclic amines) is 1. The molecular formula is C14H21N5O3. The van der Waals surface area contributed by atoms with Gasteiger partial charge in [0, 0.05) is 31.9 Å². The number of carbonyl (C=O) groups is 3. The minimum absolute atomic E-state index is 0.0411. The highest BCUT2D eigenvalue weighted by atomic mass is 16.2. The van der Waals surface area contributed by atoms with E-state index in [9.17, 15) is 14.4 Å². The molecule has 2 heterocycles. The first-order chi connectivity index (χ1) is 10.6. The van der Waals surface area contributed by atoms with Crippen molar-refractivity contribution >= 4 is 17.7 Å². The summed E-state index contributed by atoms with van der Waals surface area (Å²) in [5.41, 5.74) is 0.514. The molecule has 1 unspecified atom stereocenters. The lowest BCUT2D eigenvalue weighted by molar-refractivity contribution is -0.129. The van der Waals surface area contributed by atoms with Crippen molar-refractivity contribution in [1.82, 2.24) is 25.7 Å². The summed E-state index contributed by atoms with van der Waals surface area (Å²) in [4.78, 5) is 37.1. The maximum Gasteiger partial charge on any atom is 0.257 e. The second-order valence-corrected chi connectivity index (χ2v) is 5.22. The van der Waals surface area contributed by atoms with Crippen molar-refractivity contribution < 1.29 is 14.4 Å². The molecule has 22 heavy (non-hydrogen) atoms. The number of rotatable bonds is 6. The van der Waals surface area contributed by atoms with E-state index >= 15 is 0 Å². The Balaban J connectivity index is 1.83. The predicted molar refractivity (Wildman–Crippen MR) is 79.0 cm³/mol. The standard InChI is InChI=1S/C14H21N5O3/c1-2-15-12(20)6-13(21)16-9-11-4-3-5-19(11)14(22)10-7-17-18-8-10/h7-8,11H,2-6,9H2,1H3,(H,15,20)(H,16,21)(H,17,18). The highest BCUT2D eigenvalue weighted by Gasteiger charge is 2.30. The summed E-state index contributed by atoms with van der Waals surface area (Å²) in [5.74, 6) is -0.708. The van der Waals surface area contributed by atoms with Gasteiger partial charge < -0.3 is 15.5 Å². The maximum atomic E-state index is 12.3. The Hall–Kier alpha value is -2.38. The quantitative estimate of drug-likeness (QED) is 0.625. The van der Waals surface area contributed by atoms with Gasteiger partial charge in [0.1, 0.15) is 6.42 Å². The smallest absolute Gasteiger partial charge is 0.257 e. The molecule has 0 radical (unpaired) electrons. The van der Waals surface area contributed by atoms with Gasteiger partial charge in [0.15, 0.2) is 0 Å². The summed E-state index contributed by atoms with van der Waals surface area (Å²) < 4.78 is 0. The first-order valence-corrected chi connectivity index (χ1v) is 7.45. The Morgan fingerprint density at radius 3 is 2.82 bits per heavy atom. The van der Waals surface area contributed by atoms with Crippen LogP contribution >= 0.6 is 0 Å². The van der Waals surface area contributed by atoms with Crippen molar-refractivity contribution in [2.75, 3.05) is 19.6 Å². The van der Waals surface area contributed by atoms with Crippen LogP contribution in [0.3, 0.4) is 0 Å². The molecule has 2 rings (SSSR count). The highest BCUT2D eigenvalue weighted by molar-refractivity contribution is 5.97. The molecule has 0 aromatic carbocycles. The fourth-order valence-corrected chi connectivity index (χ4v) is 2.55. The molecule has 8 heteroatoms. The van der Waals surface area contributed by atoms with Crippen LogP contribution < -0.4 is 10.6 Å². The van der Waals surface area contributed by atoms with Crippen LogP contribution in [0.25, 0.3) is 0 Å². The lowest BCUT2D eigenvalue weighted by Gasteiger charge is -2.24. The second-order valence-electron chi connectivity index (χ2n) is 5.22. The van der Waals surface area contributed by atoms with Crippen LogP contribution in [0, 0.1) is 0 Å². The fourth-order valence-electron chi connectivity index (χ4n) is 2.55. The van der Waals surface area contributed by atoms with E-state index < -0.39 is 0 Å². The van der Waals surface area contributed by atoms with Crippen LogP contribution in [-0.2, 0) is 9.59 Å². The Bertz CT molecular complexity index is 529. The molecule has 0 bridgehead atoms. The number of aromatic amines is 1. The van der Waals surface area contributed by atoms with E-state index in [2.05, 4.69) is 20.8 Å². The first-order valence-electron chi connectivity index (χ1n) is 7.45. The average Bonchev–Trinajstić information content (AvgIpc) is 3.16. The Morgan fingerprint density at radius 1 is 1.36 bits per heavy atom. The maximum absolute atomic E-state index is 12.3. The summed E-state index contributed by atoms with van der Waals surface area (Å²) in [6.45, 7) is 3.33. The van der Waals surface area contributed by atoms with Gasteiger partial charge >= 0.3 is 0 Å². The van der Waals surface area contributed by atoms with Gasteiger partial charge in [-0.15, -0.1) is 0 Å². The third kappa shape index (κ3) is 4.06. The third-order valence-corrected chi connectivity index (χ3v) is 3.61. The highest BCUT2D eigenvalue weighted by Crippen LogP contribution is 2.19. The van der Waals surface area contributed by atoms with Crippen molar-refractivity contribution in [2.24, 2.45) is 0 Å². The molecule has 0 saturated carbocycles. The second kappa shape index (κ2) is 7.58. The molecule has 1 saturated heterocycles. The average molecular weight is 307 g/mol. The fraction of sp³-hybridized carbons (Fsp3) is 0.571. The molecule has 120 valence electrons. The molecule has 3 amide bonds. The van der Waals surface area contributed by atoms with E-state index in [1.54, 1.807) is 18.0 Å². The van der Waals surface area contributed by atoms with Crippen molar-refractivity contribution in [3.8, 4) is 0 Å². The minimum Gasteiger partial charge on any atom is -0.356 e. The summed E-state index contributed by atoms with van der Waals surface area (Å²) in [5, 5.41) is 11.7. The number of nitrogens with zero attached hydrogens (tertiary/aromatic N) is 2. The van der Waals surface area contributed by atoms with Crippen LogP contribution in [0.15, 0.2) is 12.4 Å². The van der Waals surface area contributed by atoms with E-state index in [4.69, 9.17) is 0 Å². The molecule has 0 aliphatic carbocycles. The van der Waals surface area contributed by atoms with Gasteiger partial charge in [0.05, 0.1) is 11.8 Å². The Kier molecular flexibility index (Phi) is 5.51. The summed E-state index contributed by atoms with van der Waals surface area (Å²) in [6.07, 6.45) is 4.61. The monoisotopic (exact) mass is 307 g/mol. The molecule has 1 aliphatic rings. The van der Waals surface area contributed by atoms with Gasteiger partial charge in [-0.1, -0.05) is 0 Å². The normalized spacial score (nSPS) is 17.3. The lowest BCUT2D eigenvalue weighted by atomic mass is 10.2. The largest absolute Gasteiger partial charge is 0.356 e. The summed E-state index contributed by atoms with van der Waals surface area (Å²) >= 11 is 0.